The van der Waals surface area contributed by atoms with Crippen LogP contribution in [0.15, 0.2) is 11.6 Å². The molecule has 3 atom stereocenters. The van der Waals surface area contributed by atoms with Gasteiger partial charge in [0.1, 0.15) is 5.01 Å². The van der Waals surface area contributed by atoms with E-state index in [1.165, 1.54) is 32.1 Å². The molecule has 108 valence electrons. The van der Waals surface area contributed by atoms with Gasteiger partial charge in [-0.2, -0.15) is 0 Å². The molecule has 2 bridgehead atoms. The molecule has 3 heterocycles. The lowest BCUT2D eigenvalue weighted by Gasteiger charge is -2.35. The van der Waals surface area contributed by atoms with Gasteiger partial charge in [0, 0.05) is 30.7 Å². The number of carbonyl (C=O) groups excluding carboxylic acids is 1. The van der Waals surface area contributed by atoms with Crippen molar-refractivity contribution in [3.8, 4) is 0 Å². The summed E-state index contributed by atoms with van der Waals surface area (Å²) >= 11 is 1.71. The number of hydrogen-bond acceptors (Lipinski definition) is 4. The maximum atomic E-state index is 12.8. The lowest BCUT2D eigenvalue weighted by molar-refractivity contribution is -0.137. The summed E-state index contributed by atoms with van der Waals surface area (Å²) in [5.41, 5.74) is 0. The molecule has 4 nitrogen and oxygen atoms in total. The maximum absolute atomic E-state index is 12.8. The molecule has 1 aromatic rings. The molecule has 0 radical (unpaired) electrons. The van der Waals surface area contributed by atoms with Crippen LogP contribution in [0.2, 0.25) is 0 Å². The number of fused-ring (bicyclic) bond motifs is 2. The van der Waals surface area contributed by atoms with Crippen LogP contribution in [0.25, 0.3) is 0 Å². The molecule has 1 aromatic heterocycles. The fourth-order valence-electron chi connectivity index (χ4n) is 4.26. The van der Waals surface area contributed by atoms with Crippen LogP contribution in [-0.2, 0) is 11.3 Å². The van der Waals surface area contributed by atoms with Gasteiger partial charge in [0.2, 0.25) is 5.91 Å². The van der Waals surface area contributed by atoms with Crippen LogP contribution >= 0.6 is 11.3 Å². The predicted octanol–water partition coefficient (Wildman–Crippen LogP) is 2.12. The Labute approximate surface area is 123 Å². The molecular formula is C15H21N3OS. The summed E-state index contributed by atoms with van der Waals surface area (Å²) in [7, 11) is 0. The lowest BCUT2D eigenvalue weighted by Crippen LogP contribution is -2.50. The van der Waals surface area contributed by atoms with E-state index in [0.29, 0.717) is 17.9 Å². The van der Waals surface area contributed by atoms with E-state index in [1.807, 2.05) is 11.6 Å². The monoisotopic (exact) mass is 291 g/mol. The number of piperidine rings is 1. The molecule has 4 rings (SSSR count). The number of rotatable bonds is 3. The third-order valence-corrected chi connectivity index (χ3v) is 5.95. The minimum Gasteiger partial charge on any atom is -0.341 e. The number of hydrogen-bond donors (Lipinski definition) is 0. The Hall–Kier alpha value is -0.940. The zero-order valence-electron chi connectivity index (χ0n) is 11.7. The second-order valence-electron chi connectivity index (χ2n) is 6.30. The molecule has 5 heteroatoms. The Bertz CT molecular complexity index is 483. The summed E-state index contributed by atoms with van der Waals surface area (Å²) in [6, 6.07) is 0.746. The Balaban J connectivity index is 1.54. The molecule has 2 saturated heterocycles. The van der Waals surface area contributed by atoms with Crippen molar-refractivity contribution in [2.24, 2.45) is 5.92 Å². The fourth-order valence-corrected chi connectivity index (χ4v) is 4.88. The SMILES string of the molecule is O=C([C@@H]1[C@H]2CC[C@@H](C2)N1Cc1nccs1)N1CCCC1. The molecule has 3 aliphatic rings. The van der Waals surface area contributed by atoms with Gasteiger partial charge < -0.3 is 4.90 Å². The fraction of sp³-hybridized carbons (Fsp3) is 0.733. The number of carbonyl (C=O) groups is 1. The zero-order chi connectivity index (χ0) is 13.5. The van der Waals surface area contributed by atoms with E-state index < -0.39 is 0 Å². The van der Waals surface area contributed by atoms with E-state index in [0.717, 1.165) is 24.6 Å². The summed E-state index contributed by atoms with van der Waals surface area (Å²) < 4.78 is 0. The van der Waals surface area contributed by atoms with Crippen LogP contribution < -0.4 is 0 Å². The third-order valence-electron chi connectivity index (χ3n) is 5.19. The first kappa shape index (κ1) is 12.8. The summed E-state index contributed by atoms with van der Waals surface area (Å²) in [5, 5.41) is 3.18. The summed E-state index contributed by atoms with van der Waals surface area (Å²) in [5.74, 6) is 0.985. The molecule has 1 amide bonds. The Morgan fingerprint density at radius 2 is 2.20 bits per heavy atom. The van der Waals surface area contributed by atoms with Crippen LogP contribution in [0.3, 0.4) is 0 Å². The van der Waals surface area contributed by atoms with E-state index in [9.17, 15) is 4.79 Å². The highest BCUT2D eigenvalue weighted by Gasteiger charge is 2.50. The number of likely N-dealkylation sites (tertiary alicyclic amines) is 2. The van der Waals surface area contributed by atoms with Crippen molar-refractivity contribution in [1.29, 1.82) is 0 Å². The highest BCUT2D eigenvalue weighted by atomic mass is 32.1. The van der Waals surface area contributed by atoms with E-state index in [-0.39, 0.29) is 6.04 Å². The summed E-state index contributed by atoms with van der Waals surface area (Å²) in [4.78, 5) is 21.8. The average molecular weight is 291 g/mol. The molecule has 20 heavy (non-hydrogen) atoms. The number of thiazole rings is 1. The molecule has 0 N–H and O–H groups in total. The van der Waals surface area contributed by atoms with Crippen molar-refractivity contribution in [3.05, 3.63) is 16.6 Å². The van der Waals surface area contributed by atoms with E-state index in [1.54, 1.807) is 11.3 Å². The van der Waals surface area contributed by atoms with Gasteiger partial charge in [0.05, 0.1) is 12.6 Å². The number of amides is 1. The van der Waals surface area contributed by atoms with Gasteiger partial charge in [-0.3, -0.25) is 9.69 Å². The standard InChI is InChI=1S/C15H21N3OS/c19-15(17-6-1-2-7-17)14-11-3-4-12(9-11)18(14)10-13-16-5-8-20-13/h5,8,11-12,14H,1-4,6-7,9-10H2/t11-,12-,14-/m0/s1. The van der Waals surface area contributed by atoms with Crippen LogP contribution in [0.5, 0.6) is 0 Å². The first-order valence-corrected chi connectivity index (χ1v) is 8.64. The Morgan fingerprint density at radius 3 is 2.95 bits per heavy atom. The van der Waals surface area contributed by atoms with Gasteiger partial charge in [-0.05, 0) is 38.0 Å². The second kappa shape index (κ2) is 5.11. The molecule has 0 aromatic carbocycles. The van der Waals surface area contributed by atoms with Gasteiger partial charge in [0.25, 0.3) is 0 Å². The normalized spacial score (nSPS) is 33.2. The van der Waals surface area contributed by atoms with Gasteiger partial charge in [-0.1, -0.05) is 0 Å². The van der Waals surface area contributed by atoms with Gasteiger partial charge in [0.15, 0.2) is 0 Å². The van der Waals surface area contributed by atoms with Crippen molar-refractivity contribution in [1.82, 2.24) is 14.8 Å². The predicted molar refractivity (Wildman–Crippen MR) is 78.4 cm³/mol. The van der Waals surface area contributed by atoms with Crippen molar-refractivity contribution >= 4 is 17.2 Å². The highest BCUT2D eigenvalue weighted by Crippen LogP contribution is 2.44. The number of nitrogens with zero attached hydrogens (tertiary/aromatic N) is 3. The van der Waals surface area contributed by atoms with Gasteiger partial charge in [-0.25, -0.2) is 4.98 Å². The van der Waals surface area contributed by atoms with Crippen LogP contribution in [0.1, 0.15) is 37.1 Å². The van der Waals surface area contributed by atoms with Crippen molar-refractivity contribution < 1.29 is 4.79 Å². The third kappa shape index (κ3) is 2.07. The molecule has 2 aliphatic heterocycles. The first-order chi connectivity index (χ1) is 9.83. The summed E-state index contributed by atoms with van der Waals surface area (Å²) in [6.07, 6.45) is 7.95. The quantitative estimate of drug-likeness (QED) is 0.856. The molecule has 0 unspecified atom stereocenters. The molecular weight excluding hydrogens is 270 g/mol. The van der Waals surface area contributed by atoms with Crippen molar-refractivity contribution in [2.45, 2.75) is 50.7 Å². The lowest BCUT2D eigenvalue weighted by atomic mass is 9.97. The van der Waals surface area contributed by atoms with E-state index in [2.05, 4.69) is 14.8 Å². The smallest absolute Gasteiger partial charge is 0.240 e. The minimum atomic E-state index is 0.135. The molecule has 3 fully saturated rings. The Kier molecular flexibility index (Phi) is 3.27. The average Bonchev–Trinajstić information content (AvgIpc) is 3.23. The van der Waals surface area contributed by atoms with E-state index in [4.69, 9.17) is 0 Å². The zero-order valence-corrected chi connectivity index (χ0v) is 12.5. The molecule has 1 saturated carbocycles. The van der Waals surface area contributed by atoms with Crippen LogP contribution in [0.4, 0.5) is 0 Å². The minimum absolute atomic E-state index is 0.135. The second-order valence-corrected chi connectivity index (χ2v) is 7.28. The first-order valence-electron chi connectivity index (χ1n) is 7.76. The van der Waals surface area contributed by atoms with Crippen LogP contribution in [0, 0.1) is 5.92 Å². The van der Waals surface area contributed by atoms with Crippen molar-refractivity contribution in [3.63, 3.8) is 0 Å². The summed E-state index contributed by atoms with van der Waals surface area (Å²) in [6.45, 7) is 2.80. The van der Waals surface area contributed by atoms with Crippen LogP contribution in [-0.4, -0.2) is 45.9 Å². The topological polar surface area (TPSA) is 36.4 Å². The van der Waals surface area contributed by atoms with Gasteiger partial charge >= 0.3 is 0 Å². The van der Waals surface area contributed by atoms with Crippen molar-refractivity contribution in [2.75, 3.05) is 13.1 Å². The molecule has 1 aliphatic carbocycles. The maximum Gasteiger partial charge on any atom is 0.240 e. The van der Waals surface area contributed by atoms with Gasteiger partial charge in [-0.15, -0.1) is 11.3 Å². The highest BCUT2D eigenvalue weighted by molar-refractivity contribution is 7.09. The molecule has 0 spiro atoms. The largest absolute Gasteiger partial charge is 0.341 e. The Morgan fingerprint density at radius 1 is 1.35 bits per heavy atom. The van der Waals surface area contributed by atoms with E-state index >= 15 is 0 Å². The number of aromatic nitrogens is 1.